The Balaban J connectivity index is 0.000000166. The van der Waals surface area contributed by atoms with E-state index in [1.807, 2.05) is 6.07 Å². The third-order valence-corrected chi connectivity index (χ3v) is 21.2. The number of hydrogen-bond acceptors (Lipinski definition) is 14. The number of aromatic nitrogens is 2. The number of carboxylic acid groups (broad SMARTS) is 1. The number of aryl methyl sites for hydroxylation is 8. The molecule has 6 aromatic heterocycles. The summed E-state index contributed by atoms with van der Waals surface area (Å²) < 4.78 is 0.854. The number of ketones is 3. The molecular formula is C68H94N4O7S5. The van der Waals surface area contributed by atoms with Crippen LogP contribution in [0.2, 0.25) is 0 Å². The van der Waals surface area contributed by atoms with Gasteiger partial charge in [0.15, 0.2) is 23.6 Å². The summed E-state index contributed by atoms with van der Waals surface area (Å²) in [5, 5.41) is 19.7. The quantitative estimate of drug-likeness (QED) is 0.0686. The van der Waals surface area contributed by atoms with Crippen LogP contribution in [0.15, 0.2) is 28.2 Å². The number of nitrogens with zero attached hydrogens (tertiary/aromatic N) is 2. The second kappa shape index (κ2) is 30.3. The lowest BCUT2D eigenvalue weighted by Crippen LogP contribution is -2.13. The number of carbonyl (C=O) groups excluding carboxylic acids is 4. The Morgan fingerprint density at radius 1 is 0.548 bits per heavy atom. The molecule has 5 aliphatic rings. The number of aromatic carboxylic acids is 1. The maximum atomic E-state index is 12.5. The number of H-pyrrole nitrogens is 1. The molecule has 0 fully saturated rings. The van der Waals surface area contributed by atoms with E-state index in [4.69, 9.17) is 10.6 Å². The lowest BCUT2D eigenvalue weighted by atomic mass is 9.88. The van der Waals surface area contributed by atoms with Crippen LogP contribution in [0, 0.1) is 27.2 Å². The van der Waals surface area contributed by atoms with Crippen LogP contribution in [0.3, 0.4) is 0 Å². The first-order chi connectivity index (χ1) is 39.4. The van der Waals surface area contributed by atoms with E-state index in [1.165, 1.54) is 129 Å². The van der Waals surface area contributed by atoms with Crippen molar-refractivity contribution in [2.45, 2.75) is 244 Å². The van der Waals surface area contributed by atoms with Gasteiger partial charge in [0.25, 0.3) is 5.56 Å². The number of Topliss-reactive ketones (excluding diaryl/α,β-unsaturated/α-hetero) is 3. The van der Waals surface area contributed by atoms with Crippen LogP contribution in [0.5, 0.6) is 0 Å². The summed E-state index contributed by atoms with van der Waals surface area (Å²) in [5.41, 5.74) is 16.0. The molecule has 0 saturated carbocycles. The summed E-state index contributed by atoms with van der Waals surface area (Å²) >= 11 is 8.03. The van der Waals surface area contributed by atoms with Crippen LogP contribution >= 0.6 is 56.7 Å². The molecule has 0 amide bonds. The Hall–Kier alpha value is -4.61. The molecule has 6 heterocycles. The minimum absolute atomic E-state index is 0.0109. The van der Waals surface area contributed by atoms with E-state index in [1.54, 1.807) is 51.5 Å². The molecule has 3 N–H and O–H groups in total. The van der Waals surface area contributed by atoms with Crippen molar-refractivity contribution in [1.82, 2.24) is 10.2 Å². The molecule has 0 spiro atoms. The minimum Gasteiger partial charge on any atom is -0.477 e. The standard InChI is InChI=1S/C15H22N2OS.C15H20O2S.C14H20OS.C10H10N2OS.C9H10O2S.C5H12/c1-15(2,3)8-12(18)14-11(9-17-16)10-6-4-5-7-13(10)19-14;1-15(2,3)8-12(17)14-11(9-16)10-6-4-5-7-13(10)18-14;1-14(2,3)9-11(15)13-8-10-6-4-5-7-12(10)16-13;13-10-9-7(5-11-12-10)6-3-1-2-4-8(6)14-9;10-9(11)8-5-6-3-1-2-4-7(6)12-8;1-5(2,3)4/h16H,4-9H2,1-3H3;9H,4-8H2,1-3H3;8H,4-7,9H2,1-3H3;5H,1-4H2,(H,12,13);5H,1-4H2,(H,10,11);1-4H3. The Labute approximate surface area is 520 Å². The highest BCUT2D eigenvalue weighted by Crippen LogP contribution is 2.39. The summed E-state index contributed by atoms with van der Waals surface area (Å²) in [6, 6.07) is 3.98. The monoisotopic (exact) mass is 1240 g/mol. The topological polar surface area (TPSA) is 188 Å². The average Bonchev–Trinajstić information content (AvgIpc) is 4.47. The minimum atomic E-state index is -0.783. The van der Waals surface area contributed by atoms with Gasteiger partial charge in [-0.1, -0.05) is 90.0 Å². The number of carbonyl (C=O) groups is 5. The molecule has 0 saturated heterocycles. The Kier molecular flexibility index (Phi) is 24.7. The molecule has 0 atom stereocenters. The summed E-state index contributed by atoms with van der Waals surface area (Å²) in [4.78, 5) is 80.1. The van der Waals surface area contributed by atoms with Crippen molar-refractivity contribution >= 4 is 96.4 Å². The molecule has 11 nitrogen and oxygen atoms in total. The van der Waals surface area contributed by atoms with Gasteiger partial charge in [-0.15, -0.1) is 56.7 Å². The molecule has 84 heavy (non-hydrogen) atoms. The SMILES string of the molecule is CC(C)(C)C.CC(C)(C)CC(=O)c1cc2c(s1)CCCC2.CC(C)(C)CC(=O)c1sc2c(c1C=O)CCCC2.CC(C)(C)CC(=O)c1sc2c(c1CN=N)CCCC2.O=C(O)c1cc2c(s1)CCCC2.O=c1[nH]ncc2c3c(sc12)CCCC3. The average molecular weight is 1240 g/mol. The van der Waals surface area contributed by atoms with Crippen molar-refractivity contribution in [3.8, 4) is 0 Å². The van der Waals surface area contributed by atoms with Crippen LogP contribution in [0.25, 0.3) is 10.1 Å². The van der Waals surface area contributed by atoms with Crippen molar-refractivity contribution in [3.63, 3.8) is 0 Å². The Morgan fingerprint density at radius 3 is 1.44 bits per heavy atom. The molecule has 6 aromatic rings. The van der Waals surface area contributed by atoms with E-state index in [0.717, 1.165) is 95.0 Å². The fourth-order valence-electron chi connectivity index (χ4n) is 11.0. The maximum absolute atomic E-state index is 12.5. The van der Waals surface area contributed by atoms with Gasteiger partial charge in [0, 0.05) is 60.2 Å². The number of aldehydes is 1. The molecule has 0 aliphatic heterocycles. The highest BCUT2D eigenvalue weighted by Gasteiger charge is 2.29. The van der Waals surface area contributed by atoms with Crippen molar-refractivity contribution in [1.29, 1.82) is 5.53 Å². The maximum Gasteiger partial charge on any atom is 0.345 e. The fraction of sp³-hybridized carbons (Fsp3) is 0.603. The van der Waals surface area contributed by atoms with Gasteiger partial charge in [-0.3, -0.25) is 24.0 Å². The van der Waals surface area contributed by atoms with E-state index >= 15 is 0 Å². The van der Waals surface area contributed by atoms with Gasteiger partial charge in [-0.2, -0.15) is 10.2 Å². The number of aromatic amines is 1. The van der Waals surface area contributed by atoms with Crippen LogP contribution in [0.4, 0.5) is 0 Å². The molecule has 16 heteroatoms. The molecule has 0 unspecified atom stereocenters. The molecule has 458 valence electrons. The Bertz CT molecular complexity index is 3260. The predicted molar refractivity (Wildman–Crippen MR) is 352 cm³/mol. The highest BCUT2D eigenvalue weighted by molar-refractivity contribution is 7.19. The molecule has 0 bridgehead atoms. The lowest BCUT2D eigenvalue weighted by molar-refractivity contribution is 0.0700. The predicted octanol–water partition coefficient (Wildman–Crippen LogP) is 19.3. The molecule has 0 radical (unpaired) electrons. The summed E-state index contributed by atoms with van der Waals surface area (Å²) in [5.74, 6) is -0.101. The van der Waals surface area contributed by atoms with E-state index in [0.29, 0.717) is 52.3 Å². The summed E-state index contributed by atoms with van der Waals surface area (Å²) in [7, 11) is 0. The molecule has 5 aliphatic carbocycles. The number of hydrogen-bond donors (Lipinski definition) is 3. The van der Waals surface area contributed by atoms with Gasteiger partial charge in [-0.25, -0.2) is 15.4 Å². The van der Waals surface area contributed by atoms with E-state index in [2.05, 4.69) is 111 Å². The zero-order valence-electron chi connectivity index (χ0n) is 52.6. The number of carboxylic acids is 1. The second-order valence-corrected chi connectivity index (χ2v) is 34.0. The number of fused-ring (bicyclic) bond motifs is 7. The van der Waals surface area contributed by atoms with E-state index < -0.39 is 5.97 Å². The molecule has 0 aromatic carbocycles. The largest absolute Gasteiger partial charge is 0.477 e. The van der Waals surface area contributed by atoms with Gasteiger partial charge >= 0.3 is 5.97 Å². The van der Waals surface area contributed by atoms with Crippen molar-refractivity contribution in [2.24, 2.45) is 26.8 Å². The number of thiophene rings is 5. The van der Waals surface area contributed by atoms with Crippen LogP contribution in [-0.2, 0) is 70.8 Å². The third-order valence-electron chi connectivity index (χ3n) is 14.7. The van der Waals surface area contributed by atoms with Gasteiger partial charge in [0.2, 0.25) is 0 Å². The summed E-state index contributed by atoms with van der Waals surface area (Å²) in [6.07, 6.45) is 27.5. The normalized spacial score (nSPS) is 15.3. The first-order valence-electron chi connectivity index (χ1n) is 30.5. The van der Waals surface area contributed by atoms with E-state index in [-0.39, 0.29) is 33.4 Å². The van der Waals surface area contributed by atoms with Gasteiger partial charge in [0.1, 0.15) is 9.58 Å². The number of nitrogens with one attached hydrogen (secondary N) is 2. The van der Waals surface area contributed by atoms with Crippen LogP contribution < -0.4 is 5.56 Å². The molecular weight excluding hydrogens is 1150 g/mol. The van der Waals surface area contributed by atoms with Gasteiger partial charge in [-0.05, 0) is 190 Å². The fourth-order valence-corrected chi connectivity index (χ4v) is 17.2. The van der Waals surface area contributed by atoms with Crippen LogP contribution in [0.1, 0.15) is 280 Å². The highest BCUT2D eigenvalue weighted by atomic mass is 32.1. The van der Waals surface area contributed by atoms with Crippen molar-refractivity contribution < 1.29 is 29.1 Å². The molecule has 11 rings (SSSR count). The first kappa shape index (κ1) is 68.5. The third kappa shape index (κ3) is 20.5. The number of rotatable bonds is 10. The zero-order valence-corrected chi connectivity index (χ0v) is 56.7. The Morgan fingerprint density at radius 2 is 0.952 bits per heavy atom. The lowest BCUT2D eigenvalue weighted by Gasteiger charge is -2.16. The van der Waals surface area contributed by atoms with Crippen LogP contribution in [-0.4, -0.2) is 44.9 Å². The second-order valence-electron chi connectivity index (χ2n) is 28.4. The van der Waals surface area contributed by atoms with E-state index in [9.17, 15) is 28.8 Å². The van der Waals surface area contributed by atoms with Gasteiger partial charge < -0.3 is 5.11 Å². The van der Waals surface area contributed by atoms with Crippen molar-refractivity contribution in [2.75, 3.05) is 0 Å². The first-order valence-corrected chi connectivity index (χ1v) is 34.6. The smallest absolute Gasteiger partial charge is 0.345 e. The summed E-state index contributed by atoms with van der Waals surface area (Å²) in [6.45, 7) is 27.9. The zero-order chi connectivity index (χ0) is 61.7. The van der Waals surface area contributed by atoms with Gasteiger partial charge in [0.05, 0.1) is 27.4 Å². The van der Waals surface area contributed by atoms with Crippen molar-refractivity contribution in [3.05, 3.63) is 112 Å².